The highest BCUT2D eigenvalue weighted by Gasteiger charge is 2.48. The van der Waals surface area contributed by atoms with Gasteiger partial charge in [-0.15, -0.1) is 0 Å². The second-order valence-electron chi connectivity index (χ2n) is 11.5. The Morgan fingerprint density at radius 3 is 2.62 bits per heavy atom. The number of carbonyl (C=O) groups excluding carboxylic acids is 1. The largest absolute Gasteiger partial charge is 0.492 e. The van der Waals surface area contributed by atoms with Gasteiger partial charge in [-0.25, -0.2) is 0 Å². The van der Waals surface area contributed by atoms with Crippen molar-refractivity contribution in [2.75, 3.05) is 0 Å². The fourth-order valence-electron chi connectivity index (χ4n) is 6.55. The van der Waals surface area contributed by atoms with Gasteiger partial charge in [0.2, 0.25) is 0 Å². The molecule has 1 saturated carbocycles. The van der Waals surface area contributed by atoms with E-state index in [4.69, 9.17) is 44.3 Å². The predicted octanol–water partition coefficient (Wildman–Crippen LogP) is 6.36. The van der Waals surface area contributed by atoms with Gasteiger partial charge in [0.25, 0.3) is 5.91 Å². The summed E-state index contributed by atoms with van der Waals surface area (Å²) in [5, 5.41) is 19.0. The first kappa shape index (κ1) is 27.8. The maximum atomic E-state index is 13.4. The molecule has 2 aromatic carbocycles. The number of pyridine rings is 1. The van der Waals surface area contributed by atoms with Crippen LogP contribution in [0.5, 0.6) is 0 Å². The lowest BCUT2D eigenvalue weighted by atomic mass is 9.77. The predicted molar refractivity (Wildman–Crippen MR) is 165 cm³/mol. The van der Waals surface area contributed by atoms with Crippen LogP contribution in [0.15, 0.2) is 65.9 Å². The van der Waals surface area contributed by atoms with Gasteiger partial charge in [0.05, 0.1) is 37.4 Å². The van der Waals surface area contributed by atoms with Gasteiger partial charge < -0.3 is 24.2 Å². The molecule has 3 aliphatic rings. The Morgan fingerprint density at radius 1 is 1.10 bits per heavy atom. The Balaban J connectivity index is 1.09. The molecule has 0 saturated heterocycles. The number of halogens is 3. The average Bonchev–Trinajstić information content (AvgIpc) is 3.78. The molecule has 1 atom stereocenters. The third-order valence-corrected chi connectivity index (χ3v) is 9.96. The number of nitrogens with zero attached hydrogens (tertiary/aromatic N) is 2. The molecule has 0 radical (unpaired) electrons. The van der Waals surface area contributed by atoms with Crippen molar-refractivity contribution in [1.82, 2.24) is 9.72 Å². The summed E-state index contributed by atoms with van der Waals surface area (Å²) in [7, 11) is -0.931. The Morgan fingerprint density at radius 2 is 1.86 bits per heavy atom. The zero-order valence-electron chi connectivity index (χ0n) is 22.8. The second kappa shape index (κ2) is 10.3. The molecule has 4 aromatic rings. The summed E-state index contributed by atoms with van der Waals surface area (Å²) in [5.74, 6) is -0.199. The number of amides is 1. The Bertz CT molecular complexity index is 1760. The Kier molecular flexibility index (Phi) is 6.83. The number of nitrogens with one attached hydrogen (secondary N) is 1. The number of hydrogen-bond acceptors (Lipinski definition) is 5. The summed E-state index contributed by atoms with van der Waals surface area (Å²) in [6, 6.07) is 17.0. The van der Waals surface area contributed by atoms with Crippen LogP contribution in [0.4, 0.5) is 0 Å². The molecule has 0 bridgehead atoms. The average molecular weight is 623 g/mol. The van der Waals surface area contributed by atoms with Gasteiger partial charge in [-0.05, 0) is 72.8 Å². The molecule has 11 heteroatoms. The molecule has 1 unspecified atom stereocenters. The molecule has 1 aliphatic carbocycles. The van der Waals surface area contributed by atoms with E-state index in [9.17, 15) is 9.82 Å². The minimum absolute atomic E-state index is 0.199. The lowest BCUT2D eigenvalue weighted by Gasteiger charge is -2.25. The summed E-state index contributed by atoms with van der Waals surface area (Å²) in [6.45, 7) is 2.25. The zero-order valence-corrected chi connectivity index (χ0v) is 25.1. The van der Waals surface area contributed by atoms with E-state index in [1.165, 1.54) is 0 Å². The van der Waals surface area contributed by atoms with Crippen LogP contribution in [0.25, 0.3) is 5.52 Å². The Hall–Kier alpha value is -3.01. The van der Waals surface area contributed by atoms with Crippen LogP contribution in [0.1, 0.15) is 71.8 Å². The molecule has 42 heavy (non-hydrogen) atoms. The van der Waals surface area contributed by atoms with E-state index in [2.05, 4.69) is 10.5 Å². The van der Waals surface area contributed by atoms with Crippen LogP contribution >= 0.6 is 34.8 Å². The Labute approximate surface area is 258 Å². The van der Waals surface area contributed by atoms with Gasteiger partial charge in [0.15, 0.2) is 5.60 Å². The number of fused-ring (bicyclic) bond motifs is 3. The fourth-order valence-corrected chi connectivity index (χ4v) is 7.15. The number of carbonyl (C=O) groups is 1. The molecule has 2 aromatic heterocycles. The first-order chi connectivity index (χ1) is 20.2. The molecular formula is C31H27BCl3N3O4. The molecule has 2 aliphatic heterocycles. The van der Waals surface area contributed by atoms with Crippen LogP contribution < -0.4 is 10.8 Å². The highest BCUT2D eigenvalue weighted by atomic mass is 35.5. The molecule has 7 rings (SSSR count). The molecule has 7 nitrogen and oxygen atoms in total. The van der Waals surface area contributed by atoms with Crippen molar-refractivity contribution < 1.29 is 19.3 Å². The van der Waals surface area contributed by atoms with E-state index in [-0.39, 0.29) is 11.5 Å². The molecule has 1 spiro atoms. The number of benzene rings is 2. The van der Waals surface area contributed by atoms with Gasteiger partial charge in [-0.1, -0.05) is 71.0 Å². The molecule has 214 valence electrons. The standard InChI is InChI=1S/C31H27BCl3N3O4/c1-30(19-14-23(33)28(35)24(34)15-19)16-25(37-42-30)27-9-7-20(26-5-4-12-38(26)27)29(39)36-17-18-6-8-21-22(13-18)32(40)41-31(21)10-2-3-11-31/h4-9,12-15,40H,2-3,10-11,16-17H2,1H3,(H,36,39). The van der Waals surface area contributed by atoms with Gasteiger partial charge in [0.1, 0.15) is 5.71 Å². The van der Waals surface area contributed by atoms with Crippen LogP contribution in [0.3, 0.4) is 0 Å². The molecule has 2 N–H and O–H groups in total. The third-order valence-electron chi connectivity index (χ3n) is 8.76. The molecule has 1 amide bonds. The minimum Gasteiger partial charge on any atom is -0.423 e. The van der Waals surface area contributed by atoms with Crippen molar-refractivity contribution in [3.8, 4) is 0 Å². The normalized spacial score (nSPS) is 20.7. The zero-order chi connectivity index (χ0) is 29.2. The van der Waals surface area contributed by atoms with Crippen LogP contribution in [-0.2, 0) is 27.2 Å². The van der Waals surface area contributed by atoms with Gasteiger partial charge >= 0.3 is 7.12 Å². The quantitative estimate of drug-likeness (QED) is 0.201. The number of rotatable bonds is 5. The van der Waals surface area contributed by atoms with E-state index in [0.29, 0.717) is 33.6 Å². The van der Waals surface area contributed by atoms with Crippen molar-refractivity contribution >= 4 is 64.5 Å². The monoisotopic (exact) mass is 621 g/mol. The number of oxime groups is 1. The van der Waals surface area contributed by atoms with E-state index in [0.717, 1.165) is 64.8 Å². The van der Waals surface area contributed by atoms with Crippen LogP contribution in [0.2, 0.25) is 15.1 Å². The van der Waals surface area contributed by atoms with E-state index in [1.807, 2.05) is 53.9 Å². The van der Waals surface area contributed by atoms with Crippen LogP contribution in [-0.4, -0.2) is 28.2 Å². The first-order valence-corrected chi connectivity index (χ1v) is 15.1. The summed E-state index contributed by atoms with van der Waals surface area (Å²) >= 11 is 18.7. The lowest BCUT2D eigenvalue weighted by Crippen LogP contribution is -2.30. The van der Waals surface area contributed by atoms with E-state index >= 15 is 0 Å². The van der Waals surface area contributed by atoms with Crippen molar-refractivity contribution in [1.29, 1.82) is 0 Å². The summed E-state index contributed by atoms with van der Waals surface area (Å²) in [6.07, 6.45) is 6.42. The number of hydrogen-bond donors (Lipinski definition) is 2. The van der Waals surface area contributed by atoms with E-state index < -0.39 is 12.7 Å². The van der Waals surface area contributed by atoms with Gasteiger partial charge in [-0.3, -0.25) is 4.79 Å². The second-order valence-corrected chi connectivity index (χ2v) is 12.7. The topological polar surface area (TPSA) is 84.6 Å². The van der Waals surface area contributed by atoms with Crippen molar-refractivity contribution in [2.24, 2.45) is 5.16 Å². The minimum atomic E-state index is -0.931. The smallest absolute Gasteiger partial charge is 0.423 e. The first-order valence-electron chi connectivity index (χ1n) is 14.0. The van der Waals surface area contributed by atoms with E-state index in [1.54, 1.807) is 18.2 Å². The van der Waals surface area contributed by atoms with Crippen LogP contribution in [0, 0.1) is 0 Å². The number of aromatic nitrogens is 1. The highest BCUT2D eigenvalue weighted by molar-refractivity contribution is 6.62. The third kappa shape index (κ3) is 4.52. The SMILES string of the molecule is CC1(c2cc(Cl)c(Cl)c(Cl)c2)CC(c2ccc(C(=O)NCc3ccc4c(c3)B(O)OC43CCCC3)c3cccn23)=NO1. The summed E-state index contributed by atoms with van der Waals surface area (Å²) < 4.78 is 7.94. The summed E-state index contributed by atoms with van der Waals surface area (Å²) in [4.78, 5) is 19.3. The van der Waals surface area contributed by atoms with Crippen molar-refractivity contribution in [2.45, 2.75) is 56.8 Å². The van der Waals surface area contributed by atoms with Crippen molar-refractivity contribution in [3.63, 3.8) is 0 Å². The maximum Gasteiger partial charge on any atom is 0.492 e. The molecule has 1 fully saturated rings. The highest BCUT2D eigenvalue weighted by Crippen LogP contribution is 2.45. The fraction of sp³-hybridized carbons (Fsp3) is 0.290. The van der Waals surface area contributed by atoms with Gasteiger partial charge in [-0.2, -0.15) is 0 Å². The van der Waals surface area contributed by atoms with Gasteiger partial charge in [0, 0.05) is 24.7 Å². The summed E-state index contributed by atoms with van der Waals surface area (Å²) in [5.41, 5.74) is 5.24. The maximum absolute atomic E-state index is 13.4. The lowest BCUT2D eigenvalue weighted by molar-refractivity contribution is -0.00737. The van der Waals surface area contributed by atoms with Crippen molar-refractivity contribution in [3.05, 3.63) is 104 Å². The molecule has 4 heterocycles. The molecular weight excluding hydrogens is 596 g/mol.